The number of nitrogens with two attached hydrogens (primary N) is 1. The minimum atomic E-state index is -4.88. The van der Waals surface area contributed by atoms with Gasteiger partial charge in [0, 0.05) is 11.1 Å². The van der Waals surface area contributed by atoms with Crippen molar-refractivity contribution in [3.05, 3.63) is 32.8 Å². The third kappa shape index (κ3) is 2.30. The Morgan fingerprint density at radius 1 is 1.40 bits per heavy atom. The molecule has 8 heteroatoms. The Morgan fingerprint density at radius 2 is 1.93 bits per heavy atom. The van der Waals surface area contributed by atoms with Crippen LogP contribution >= 0.6 is 11.6 Å². The second kappa shape index (κ2) is 3.58. The minimum Gasteiger partial charge on any atom is -0.398 e. The molecule has 0 fully saturated rings. The van der Waals surface area contributed by atoms with Gasteiger partial charge in [-0.3, -0.25) is 10.1 Å². The van der Waals surface area contributed by atoms with Crippen molar-refractivity contribution >= 4 is 23.0 Å². The number of alkyl halides is 3. The minimum absolute atomic E-state index is 0.216. The number of nitrogen functional groups attached to an aromatic ring is 1. The Balaban J connectivity index is 3.55. The second-order valence-corrected chi connectivity index (χ2v) is 3.08. The topological polar surface area (TPSA) is 69.2 Å². The maximum atomic E-state index is 12.4. The van der Waals surface area contributed by atoms with Crippen molar-refractivity contribution < 1.29 is 18.1 Å². The van der Waals surface area contributed by atoms with Crippen LogP contribution in [0.4, 0.5) is 24.5 Å². The highest BCUT2D eigenvalue weighted by Crippen LogP contribution is 2.41. The summed E-state index contributed by atoms with van der Waals surface area (Å²) >= 11 is 5.36. The predicted molar refractivity (Wildman–Crippen MR) is 47.5 cm³/mol. The Morgan fingerprint density at radius 3 is 2.33 bits per heavy atom. The molecule has 82 valence electrons. The number of anilines is 1. The molecule has 0 aliphatic heterocycles. The molecule has 0 amide bonds. The maximum absolute atomic E-state index is 12.4. The number of rotatable bonds is 1. The Kier molecular flexibility index (Phi) is 2.76. The predicted octanol–water partition coefficient (Wildman–Crippen LogP) is 2.85. The van der Waals surface area contributed by atoms with E-state index in [0.29, 0.717) is 6.07 Å². The van der Waals surface area contributed by atoms with Crippen LogP contribution in [0.15, 0.2) is 12.1 Å². The molecule has 0 atom stereocenters. The van der Waals surface area contributed by atoms with E-state index in [1.54, 1.807) is 0 Å². The van der Waals surface area contributed by atoms with Crippen LogP contribution in [0, 0.1) is 10.1 Å². The molecular weight excluding hydrogens is 237 g/mol. The number of nitrogens with zero attached hydrogens (tertiary/aromatic N) is 1. The standard InChI is InChI=1S/C7H4ClF3N2O2/c8-3-1-4(12)6(7(9,10)11)5(2-3)13(14)15/h1-2H,12H2. The lowest BCUT2D eigenvalue weighted by Crippen LogP contribution is -2.12. The molecule has 0 aliphatic carbocycles. The van der Waals surface area contributed by atoms with Gasteiger partial charge in [0.1, 0.15) is 0 Å². The van der Waals surface area contributed by atoms with E-state index < -0.39 is 28.0 Å². The van der Waals surface area contributed by atoms with Gasteiger partial charge in [-0.05, 0) is 6.07 Å². The van der Waals surface area contributed by atoms with Gasteiger partial charge in [-0.15, -0.1) is 0 Å². The van der Waals surface area contributed by atoms with E-state index in [1.807, 2.05) is 0 Å². The molecule has 0 unspecified atom stereocenters. The molecule has 0 aromatic heterocycles. The molecule has 2 N–H and O–H groups in total. The van der Waals surface area contributed by atoms with E-state index in [0.717, 1.165) is 6.07 Å². The van der Waals surface area contributed by atoms with Crippen molar-refractivity contribution in [2.75, 3.05) is 5.73 Å². The quantitative estimate of drug-likeness (QED) is 0.466. The molecule has 0 aliphatic rings. The van der Waals surface area contributed by atoms with Crippen LogP contribution in [0.1, 0.15) is 5.56 Å². The number of benzene rings is 1. The van der Waals surface area contributed by atoms with Gasteiger partial charge in [0.25, 0.3) is 5.69 Å². The lowest BCUT2D eigenvalue weighted by molar-refractivity contribution is -0.387. The first-order valence-electron chi connectivity index (χ1n) is 3.54. The molecule has 1 aromatic carbocycles. The Labute approximate surface area is 86.6 Å². The van der Waals surface area contributed by atoms with Crippen LogP contribution < -0.4 is 5.73 Å². The normalized spacial score (nSPS) is 11.5. The average molecular weight is 241 g/mol. The fraction of sp³-hybridized carbons (Fsp3) is 0.143. The van der Waals surface area contributed by atoms with Crippen LogP contribution in [0.3, 0.4) is 0 Å². The third-order valence-corrected chi connectivity index (χ3v) is 1.81. The number of nitro groups is 1. The molecule has 15 heavy (non-hydrogen) atoms. The monoisotopic (exact) mass is 240 g/mol. The van der Waals surface area contributed by atoms with Crippen molar-refractivity contribution in [1.29, 1.82) is 0 Å². The van der Waals surface area contributed by atoms with Gasteiger partial charge >= 0.3 is 6.18 Å². The molecule has 0 saturated heterocycles. The van der Waals surface area contributed by atoms with Crippen LogP contribution in [0.25, 0.3) is 0 Å². The van der Waals surface area contributed by atoms with E-state index in [4.69, 9.17) is 17.3 Å². The third-order valence-electron chi connectivity index (χ3n) is 1.59. The first-order chi connectivity index (χ1) is 6.73. The van der Waals surface area contributed by atoms with Crippen molar-refractivity contribution in [3.8, 4) is 0 Å². The SMILES string of the molecule is Nc1cc(Cl)cc([N+](=O)[O-])c1C(F)(F)F. The largest absolute Gasteiger partial charge is 0.425 e. The number of halogens is 4. The van der Waals surface area contributed by atoms with Crippen molar-refractivity contribution in [3.63, 3.8) is 0 Å². The summed E-state index contributed by atoms with van der Waals surface area (Å²) in [6.45, 7) is 0. The number of hydrogen-bond donors (Lipinski definition) is 1. The first-order valence-corrected chi connectivity index (χ1v) is 3.92. The average Bonchev–Trinajstić information content (AvgIpc) is 1.99. The Hall–Kier alpha value is -1.50. The number of nitro benzene ring substituents is 1. The summed E-state index contributed by atoms with van der Waals surface area (Å²) in [4.78, 5) is 9.19. The Bertz CT molecular complexity index is 419. The molecule has 1 rings (SSSR count). The zero-order chi connectivity index (χ0) is 11.8. The van der Waals surface area contributed by atoms with E-state index in [9.17, 15) is 23.3 Å². The molecule has 0 heterocycles. The molecule has 0 bridgehead atoms. The maximum Gasteiger partial charge on any atom is 0.425 e. The summed E-state index contributed by atoms with van der Waals surface area (Å²) in [5, 5.41) is 10.1. The highest BCUT2D eigenvalue weighted by atomic mass is 35.5. The fourth-order valence-corrected chi connectivity index (χ4v) is 1.29. The van der Waals surface area contributed by atoms with Crippen LogP contribution in [-0.2, 0) is 6.18 Å². The van der Waals surface area contributed by atoms with Crippen LogP contribution in [0.5, 0.6) is 0 Å². The zero-order valence-corrected chi connectivity index (χ0v) is 7.76. The van der Waals surface area contributed by atoms with Gasteiger partial charge in [0.15, 0.2) is 5.56 Å². The summed E-state index contributed by atoms with van der Waals surface area (Å²) in [7, 11) is 0. The van der Waals surface area contributed by atoms with Gasteiger partial charge in [0.05, 0.1) is 10.6 Å². The lowest BCUT2D eigenvalue weighted by atomic mass is 10.1. The van der Waals surface area contributed by atoms with Gasteiger partial charge in [0.2, 0.25) is 0 Å². The van der Waals surface area contributed by atoms with E-state index in [-0.39, 0.29) is 5.02 Å². The summed E-state index contributed by atoms with van der Waals surface area (Å²) in [5.74, 6) is 0. The lowest BCUT2D eigenvalue weighted by Gasteiger charge is -2.10. The van der Waals surface area contributed by atoms with Crippen LogP contribution in [-0.4, -0.2) is 4.92 Å². The van der Waals surface area contributed by atoms with Crippen LogP contribution in [0.2, 0.25) is 5.02 Å². The summed E-state index contributed by atoms with van der Waals surface area (Å²) in [6.07, 6.45) is -4.88. The van der Waals surface area contributed by atoms with Crippen molar-refractivity contribution in [2.24, 2.45) is 0 Å². The molecular formula is C7H4ClF3N2O2. The van der Waals surface area contributed by atoms with E-state index in [2.05, 4.69) is 0 Å². The smallest absolute Gasteiger partial charge is 0.398 e. The second-order valence-electron chi connectivity index (χ2n) is 2.64. The molecule has 4 nitrogen and oxygen atoms in total. The number of hydrogen-bond acceptors (Lipinski definition) is 3. The highest BCUT2D eigenvalue weighted by molar-refractivity contribution is 6.31. The fourth-order valence-electron chi connectivity index (χ4n) is 1.07. The van der Waals surface area contributed by atoms with Gasteiger partial charge in [-0.1, -0.05) is 11.6 Å². The summed E-state index contributed by atoms with van der Waals surface area (Å²) < 4.78 is 37.1. The highest BCUT2D eigenvalue weighted by Gasteiger charge is 2.40. The van der Waals surface area contributed by atoms with Gasteiger partial charge in [-0.2, -0.15) is 13.2 Å². The van der Waals surface area contributed by atoms with Gasteiger partial charge < -0.3 is 5.73 Å². The van der Waals surface area contributed by atoms with E-state index >= 15 is 0 Å². The molecule has 0 saturated carbocycles. The van der Waals surface area contributed by atoms with Crippen molar-refractivity contribution in [1.82, 2.24) is 0 Å². The first kappa shape index (κ1) is 11.6. The molecule has 1 aromatic rings. The van der Waals surface area contributed by atoms with Crippen molar-refractivity contribution in [2.45, 2.75) is 6.18 Å². The molecule has 0 spiro atoms. The molecule has 0 radical (unpaired) electrons. The zero-order valence-electron chi connectivity index (χ0n) is 7.01. The van der Waals surface area contributed by atoms with Gasteiger partial charge in [-0.25, -0.2) is 0 Å². The van der Waals surface area contributed by atoms with E-state index in [1.165, 1.54) is 0 Å². The summed E-state index contributed by atoms with van der Waals surface area (Å²) in [6, 6.07) is 1.43. The summed E-state index contributed by atoms with van der Waals surface area (Å²) in [5.41, 5.74) is 1.65.